The van der Waals surface area contributed by atoms with Crippen LogP contribution in [0.25, 0.3) is 0 Å². The smallest absolute Gasteiger partial charge is 0.312 e. The van der Waals surface area contributed by atoms with E-state index < -0.39 is 41.6 Å². The van der Waals surface area contributed by atoms with Gasteiger partial charge < -0.3 is 24.4 Å². The number of alkyl halides is 1. The molecule has 7 atom stereocenters. The van der Waals surface area contributed by atoms with Gasteiger partial charge in [-0.2, -0.15) is 0 Å². The van der Waals surface area contributed by atoms with Gasteiger partial charge >= 0.3 is 5.97 Å². The van der Waals surface area contributed by atoms with Crippen molar-refractivity contribution < 1.29 is 29.0 Å². The van der Waals surface area contributed by atoms with Crippen molar-refractivity contribution in [2.75, 3.05) is 19.8 Å². The van der Waals surface area contributed by atoms with Crippen molar-refractivity contribution in [1.29, 1.82) is 0 Å². The van der Waals surface area contributed by atoms with Gasteiger partial charge in [0.1, 0.15) is 11.6 Å². The standard InChI is InChI=1S/C26H39BrN2O6/c1-5-12-28(16-10-8-7-9-11-16)24(32)22-26-13-17(27)21(35-26)19(25(33)34-6-2)20(26)23(31)29(22)18(14-30)15(3)4/h5,15-22,30H,1,6-14H2,2-4H3/t17?,18-,19-,20-,21-,22?,26?/m0/s1. The summed E-state index contributed by atoms with van der Waals surface area (Å²) >= 11 is 3.68. The lowest BCUT2D eigenvalue weighted by molar-refractivity contribution is -0.157. The number of ether oxygens (including phenoxy) is 2. The van der Waals surface area contributed by atoms with E-state index >= 15 is 0 Å². The molecule has 8 nitrogen and oxygen atoms in total. The molecule has 3 saturated heterocycles. The summed E-state index contributed by atoms with van der Waals surface area (Å²) in [5.41, 5.74) is -1.14. The third kappa shape index (κ3) is 4.25. The molecule has 0 aromatic carbocycles. The number of carbonyl (C=O) groups is 3. The first kappa shape index (κ1) is 26.6. The highest BCUT2D eigenvalue weighted by Crippen LogP contribution is 2.61. The lowest BCUT2D eigenvalue weighted by atomic mass is 9.70. The van der Waals surface area contributed by atoms with Crippen molar-refractivity contribution in [3.05, 3.63) is 12.7 Å². The van der Waals surface area contributed by atoms with E-state index in [0.29, 0.717) is 13.0 Å². The second kappa shape index (κ2) is 10.5. The van der Waals surface area contributed by atoms with E-state index in [4.69, 9.17) is 9.47 Å². The number of hydrogen-bond donors (Lipinski definition) is 1. The quantitative estimate of drug-likeness (QED) is 0.267. The van der Waals surface area contributed by atoms with Gasteiger partial charge in [0.15, 0.2) is 0 Å². The van der Waals surface area contributed by atoms with Crippen LogP contribution in [0.1, 0.15) is 59.3 Å². The second-order valence-corrected chi connectivity index (χ2v) is 11.9. The van der Waals surface area contributed by atoms with Crippen LogP contribution < -0.4 is 0 Å². The molecule has 4 rings (SSSR count). The van der Waals surface area contributed by atoms with Gasteiger partial charge in [0.2, 0.25) is 11.8 Å². The van der Waals surface area contributed by atoms with Crippen LogP contribution in [0.3, 0.4) is 0 Å². The van der Waals surface area contributed by atoms with E-state index in [9.17, 15) is 19.5 Å². The number of hydrogen-bond acceptors (Lipinski definition) is 6. The van der Waals surface area contributed by atoms with Gasteiger partial charge in [-0.3, -0.25) is 14.4 Å². The molecular formula is C26H39BrN2O6. The number of esters is 1. The number of amides is 2. The first-order valence-electron chi connectivity index (χ1n) is 13.1. The zero-order valence-electron chi connectivity index (χ0n) is 21.0. The summed E-state index contributed by atoms with van der Waals surface area (Å²) in [7, 11) is 0. The fourth-order valence-corrected chi connectivity index (χ4v) is 7.88. The number of aliphatic hydroxyl groups excluding tert-OH is 1. The predicted molar refractivity (Wildman–Crippen MR) is 134 cm³/mol. The van der Waals surface area contributed by atoms with Gasteiger partial charge in [-0.05, 0) is 32.1 Å². The Hall–Kier alpha value is -1.45. The van der Waals surface area contributed by atoms with Crippen LogP contribution in [0.2, 0.25) is 0 Å². The van der Waals surface area contributed by atoms with Crippen LogP contribution in [0.5, 0.6) is 0 Å². The van der Waals surface area contributed by atoms with Crippen LogP contribution >= 0.6 is 15.9 Å². The average molecular weight is 556 g/mol. The van der Waals surface area contributed by atoms with E-state index in [0.717, 1.165) is 32.1 Å². The molecule has 1 spiro atoms. The SMILES string of the molecule is C=CCN(C(=O)C1N([C@@H](CO)C(C)C)C(=O)[C@@H]2[C@H](C(=O)OCC)[C@H]3OC12CC3Br)C1CCCCC1. The fourth-order valence-electron chi connectivity index (χ4n) is 6.94. The zero-order chi connectivity index (χ0) is 25.5. The number of halogens is 1. The third-order valence-electron chi connectivity index (χ3n) is 8.46. The number of aliphatic hydroxyl groups is 1. The van der Waals surface area contributed by atoms with Crippen molar-refractivity contribution in [3.63, 3.8) is 0 Å². The minimum atomic E-state index is -1.14. The summed E-state index contributed by atoms with van der Waals surface area (Å²) in [6.07, 6.45) is 6.76. The maximum Gasteiger partial charge on any atom is 0.312 e. The van der Waals surface area contributed by atoms with E-state index in [1.807, 2.05) is 18.7 Å². The summed E-state index contributed by atoms with van der Waals surface area (Å²) in [6, 6.07) is -1.40. The van der Waals surface area contributed by atoms with E-state index in [1.54, 1.807) is 17.9 Å². The van der Waals surface area contributed by atoms with Crippen molar-refractivity contribution >= 4 is 33.7 Å². The number of carbonyl (C=O) groups excluding carboxylic acids is 3. The van der Waals surface area contributed by atoms with Gasteiger partial charge in [-0.15, -0.1) is 6.58 Å². The lowest BCUT2D eigenvalue weighted by Crippen LogP contribution is -2.61. The number of likely N-dealkylation sites (tertiary alicyclic amines) is 1. The van der Waals surface area contributed by atoms with Gasteiger partial charge in [0.25, 0.3) is 0 Å². The van der Waals surface area contributed by atoms with Crippen LogP contribution in [0.4, 0.5) is 0 Å². The number of fused-ring (bicyclic) bond motifs is 1. The van der Waals surface area contributed by atoms with E-state index in [-0.39, 0.29) is 41.8 Å². The summed E-state index contributed by atoms with van der Waals surface area (Å²) in [6.45, 7) is 9.80. The molecule has 0 radical (unpaired) electrons. The molecule has 3 unspecified atom stereocenters. The third-order valence-corrected chi connectivity index (χ3v) is 9.30. The Morgan fingerprint density at radius 1 is 1.34 bits per heavy atom. The molecule has 2 bridgehead atoms. The molecule has 1 N–H and O–H groups in total. The molecule has 0 aromatic heterocycles. The molecule has 196 valence electrons. The maximum absolute atomic E-state index is 14.5. The minimum absolute atomic E-state index is 0.0764. The molecule has 1 saturated carbocycles. The van der Waals surface area contributed by atoms with Crippen LogP contribution in [0, 0.1) is 17.8 Å². The Morgan fingerprint density at radius 3 is 2.60 bits per heavy atom. The first-order valence-corrected chi connectivity index (χ1v) is 14.0. The Labute approximate surface area is 216 Å². The van der Waals surface area contributed by atoms with Crippen molar-refractivity contribution in [3.8, 4) is 0 Å². The maximum atomic E-state index is 14.5. The lowest BCUT2D eigenvalue weighted by Gasteiger charge is -2.43. The normalized spacial score (nSPS) is 35.3. The molecular weight excluding hydrogens is 516 g/mol. The molecule has 4 fully saturated rings. The zero-order valence-corrected chi connectivity index (χ0v) is 22.6. The predicted octanol–water partition coefficient (Wildman–Crippen LogP) is 2.66. The first-order chi connectivity index (χ1) is 16.7. The Balaban J connectivity index is 1.80. The summed E-state index contributed by atoms with van der Waals surface area (Å²) in [5, 5.41) is 10.3. The minimum Gasteiger partial charge on any atom is -0.466 e. The van der Waals surface area contributed by atoms with E-state index in [1.165, 1.54) is 0 Å². The average Bonchev–Trinajstić information content (AvgIpc) is 3.42. The number of rotatable bonds is 9. The fraction of sp³-hybridized carbons (Fsp3) is 0.808. The Bertz CT molecular complexity index is 846. The van der Waals surface area contributed by atoms with Crippen LogP contribution in [0.15, 0.2) is 12.7 Å². The highest BCUT2D eigenvalue weighted by atomic mass is 79.9. The van der Waals surface area contributed by atoms with Crippen molar-refractivity contribution in [2.45, 2.75) is 94.0 Å². The second-order valence-electron chi connectivity index (χ2n) is 10.7. The molecule has 1 aliphatic carbocycles. The molecule has 3 heterocycles. The summed E-state index contributed by atoms with van der Waals surface area (Å²) < 4.78 is 11.9. The van der Waals surface area contributed by atoms with Gasteiger partial charge in [-0.25, -0.2) is 0 Å². The topological polar surface area (TPSA) is 96.4 Å². The molecule has 0 aromatic rings. The van der Waals surface area contributed by atoms with Gasteiger partial charge in [0, 0.05) is 17.4 Å². The molecule has 3 aliphatic heterocycles. The van der Waals surface area contributed by atoms with Crippen LogP contribution in [-0.2, 0) is 23.9 Å². The number of nitrogens with zero attached hydrogens (tertiary/aromatic N) is 2. The van der Waals surface area contributed by atoms with E-state index in [2.05, 4.69) is 22.5 Å². The van der Waals surface area contributed by atoms with Crippen molar-refractivity contribution in [1.82, 2.24) is 9.80 Å². The van der Waals surface area contributed by atoms with Crippen LogP contribution in [-0.4, -0.2) is 87.1 Å². The summed E-state index contributed by atoms with van der Waals surface area (Å²) in [5.74, 6) is -2.60. The summed E-state index contributed by atoms with van der Waals surface area (Å²) in [4.78, 5) is 44.9. The Morgan fingerprint density at radius 2 is 2.03 bits per heavy atom. The highest BCUT2D eigenvalue weighted by molar-refractivity contribution is 9.09. The monoisotopic (exact) mass is 554 g/mol. The van der Waals surface area contributed by atoms with Gasteiger partial charge in [0.05, 0.1) is 37.2 Å². The molecule has 4 aliphatic rings. The highest BCUT2D eigenvalue weighted by Gasteiger charge is 2.77. The Kier molecular flexibility index (Phi) is 7.98. The molecule has 35 heavy (non-hydrogen) atoms. The van der Waals surface area contributed by atoms with Crippen molar-refractivity contribution in [2.24, 2.45) is 17.8 Å². The van der Waals surface area contributed by atoms with Gasteiger partial charge in [-0.1, -0.05) is 55.1 Å². The largest absolute Gasteiger partial charge is 0.466 e. The molecule has 2 amide bonds. The molecule has 9 heteroatoms.